The SMILES string of the molecule is CNc1ccc(C(=O)N2CCc3sccc3[C@@H]2c2cccs2)cc1[N+](=O)[O-]. The fourth-order valence-electron chi connectivity index (χ4n) is 3.48. The molecule has 4 rings (SSSR count). The highest BCUT2D eigenvalue weighted by Gasteiger charge is 2.34. The van der Waals surface area contributed by atoms with Crippen LogP contribution in [0.15, 0.2) is 47.2 Å². The smallest absolute Gasteiger partial charge is 0.293 e. The predicted molar refractivity (Wildman–Crippen MR) is 108 cm³/mol. The van der Waals surface area contributed by atoms with E-state index in [1.54, 1.807) is 41.9 Å². The van der Waals surface area contributed by atoms with Gasteiger partial charge in [0, 0.05) is 35.0 Å². The number of anilines is 1. The molecule has 1 amide bonds. The zero-order valence-corrected chi connectivity index (χ0v) is 16.2. The van der Waals surface area contributed by atoms with E-state index in [0.29, 0.717) is 17.8 Å². The molecule has 6 nitrogen and oxygen atoms in total. The molecule has 1 atom stereocenters. The maximum absolute atomic E-state index is 13.3. The molecule has 1 aliphatic rings. The molecule has 1 aliphatic heterocycles. The largest absolute Gasteiger partial charge is 0.383 e. The number of nitro benzene ring substituents is 1. The second-order valence-corrected chi connectivity index (χ2v) is 8.18. The van der Waals surface area contributed by atoms with Gasteiger partial charge in [0.2, 0.25) is 0 Å². The molecule has 138 valence electrons. The molecule has 0 saturated heterocycles. The molecular formula is C19H17N3O3S2. The second kappa shape index (κ2) is 7.13. The van der Waals surface area contributed by atoms with Crippen LogP contribution in [0.25, 0.3) is 0 Å². The Labute approximate surface area is 164 Å². The summed E-state index contributed by atoms with van der Waals surface area (Å²) in [5, 5.41) is 18.2. The van der Waals surface area contributed by atoms with Gasteiger partial charge >= 0.3 is 0 Å². The molecule has 0 fully saturated rings. The van der Waals surface area contributed by atoms with Crippen molar-refractivity contribution in [3.8, 4) is 0 Å². The summed E-state index contributed by atoms with van der Waals surface area (Å²) >= 11 is 3.34. The van der Waals surface area contributed by atoms with Crippen LogP contribution in [0, 0.1) is 10.1 Å². The van der Waals surface area contributed by atoms with Gasteiger partial charge in [0.05, 0.1) is 11.0 Å². The summed E-state index contributed by atoms with van der Waals surface area (Å²) in [5.74, 6) is -0.184. The van der Waals surface area contributed by atoms with E-state index in [4.69, 9.17) is 0 Å². The molecule has 3 heterocycles. The number of thiophene rings is 2. The lowest BCUT2D eigenvalue weighted by molar-refractivity contribution is -0.384. The van der Waals surface area contributed by atoms with Crippen molar-refractivity contribution in [3.05, 3.63) is 78.2 Å². The predicted octanol–water partition coefficient (Wildman–Crippen LogP) is 4.55. The molecule has 2 aromatic heterocycles. The first-order valence-electron chi connectivity index (χ1n) is 8.47. The van der Waals surface area contributed by atoms with Gasteiger partial charge < -0.3 is 10.2 Å². The molecule has 8 heteroatoms. The van der Waals surface area contributed by atoms with Crippen LogP contribution in [0.2, 0.25) is 0 Å². The minimum absolute atomic E-state index is 0.0933. The van der Waals surface area contributed by atoms with E-state index in [1.807, 2.05) is 22.4 Å². The third kappa shape index (κ3) is 3.11. The number of nitrogens with one attached hydrogen (secondary N) is 1. The molecule has 0 saturated carbocycles. The number of fused-ring (bicyclic) bond motifs is 1. The molecule has 0 aliphatic carbocycles. The summed E-state index contributed by atoms with van der Waals surface area (Å²) in [5.41, 5.74) is 1.79. The molecule has 1 aromatic carbocycles. The minimum atomic E-state index is -0.466. The van der Waals surface area contributed by atoms with Gasteiger partial charge in [0.15, 0.2) is 0 Å². The highest BCUT2D eigenvalue weighted by Crippen LogP contribution is 2.40. The van der Waals surface area contributed by atoms with Crippen molar-refractivity contribution in [2.24, 2.45) is 0 Å². The van der Waals surface area contributed by atoms with Crippen molar-refractivity contribution in [1.29, 1.82) is 0 Å². The summed E-state index contributed by atoms with van der Waals surface area (Å²) in [6.45, 7) is 0.594. The third-order valence-corrected chi connectivity index (χ3v) is 6.67. The number of carbonyl (C=O) groups excluding carboxylic acids is 1. The Balaban J connectivity index is 1.75. The van der Waals surface area contributed by atoms with Crippen molar-refractivity contribution in [2.45, 2.75) is 12.5 Å². The third-order valence-electron chi connectivity index (χ3n) is 4.75. The van der Waals surface area contributed by atoms with E-state index in [0.717, 1.165) is 16.9 Å². The number of carbonyl (C=O) groups is 1. The summed E-state index contributed by atoms with van der Waals surface area (Å²) < 4.78 is 0. The van der Waals surface area contributed by atoms with E-state index < -0.39 is 4.92 Å². The van der Waals surface area contributed by atoms with E-state index in [-0.39, 0.29) is 17.6 Å². The van der Waals surface area contributed by atoms with Crippen molar-refractivity contribution in [1.82, 2.24) is 4.90 Å². The number of benzene rings is 1. The fraction of sp³-hybridized carbons (Fsp3) is 0.211. The zero-order chi connectivity index (χ0) is 19.0. The lowest BCUT2D eigenvalue weighted by Crippen LogP contribution is -2.39. The zero-order valence-electron chi connectivity index (χ0n) is 14.5. The number of rotatable bonds is 4. The van der Waals surface area contributed by atoms with Crippen LogP contribution in [0.3, 0.4) is 0 Å². The Hall–Kier alpha value is -2.71. The van der Waals surface area contributed by atoms with Gasteiger partial charge in [-0.25, -0.2) is 0 Å². The average molecular weight is 399 g/mol. The minimum Gasteiger partial charge on any atom is -0.383 e. The van der Waals surface area contributed by atoms with Gasteiger partial charge in [-0.3, -0.25) is 14.9 Å². The van der Waals surface area contributed by atoms with Crippen LogP contribution < -0.4 is 5.32 Å². The van der Waals surface area contributed by atoms with E-state index in [9.17, 15) is 14.9 Å². The van der Waals surface area contributed by atoms with Gasteiger partial charge in [-0.05, 0) is 47.0 Å². The molecular weight excluding hydrogens is 382 g/mol. The van der Waals surface area contributed by atoms with Crippen molar-refractivity contribution >= 4 is 40.0 Å². The molecule has 3 aromatic rings. The van der Waals surface area contributed by atoms with Crippen LogP contribution >= 0.6 is 22.7 Å². The molecule has 0 spiro atoms. The summed E-state index contributed by atoms with van der Waals surface area (Å²) in [7, 11) is 1.62. The Morgan fingerprint density at radius 3 is 2.81 bits per heavy atom. The van der Waals surface area contributed by atoms with Crippen molar-refractivity contribution in [3.63, 3.8) is 0 Å². The fourth-order valence-corrected chi connectivity index (χ4v) is 5.24. The maximum atomic E-state index is 13.3. The van der Waals surface area contributed by atoms with Gasteiger partial charge in [-0.15, -0.1) is 22.7 Å². The first-order valence-corrected chi connectivity index (χ1v) is 10.2. The number of amides is 1. The Kier molecular flexibility index (Phi) is 4.67. The van der Waals surface area contributed by atoms with Gasteiger partial charge in [0.25, 0.3) is 11.6 Å². The van der Waals surface area contributed by atoms with Crippen LogP contribution in [-0.2, 0) is 6.42 Å². The van der Waals surface area contributed by atoms with Crippen LogP contribution in [-0.4, -0.2) is 29.3 Å². The Morgan fingerprint density at radius 1 is 1.26 bits per heavy atom. The number of nitrogens with zero attached hydrogens (tertiary/aromatic N) is 2. The van der Waals surface area contributed by atoms with Gasteiger partial charge in [-0.1, -0.05) is 6.07 Å². The molecule has 27 heavy (non-hydrogen) atoms. The highest BCUT2D eigenvalue weighted by molar-refractivity contribution is 7.10. The van der Waals surface area contributed by atoms with Crippen LogP contribution in [0.1, 0.15) is 31.7 Å². The quantitative estimate of drug-likeness (QED) is 0.516. The normalized spacial score (nSPS) is 16.0. The first kappa shape index (κ1) is 17.7. The number of hydrogen-bond donors (Lipinski definition) is 1. The lowest BCUT2D eigenvalue weighted by atomic mass is 9.97. The molecule has 0 radical (unpaired) electrons. The highest BCUT2D eigenvalue weighted by atomic mass is 32.1. The molecule has 1 N–H and O–H groups in total. The number of hydrogen-bond acceptors (Lipinski definition) is 6. The monoisotopic (exact) mass is 399 g/mol. The average Bonchev–Trinajstić information content (AvgIpc) is 3.37. The topological polar surface area (TPSA) is 75.5 Å². The lowest BCUT2D eigenvalue weighted by Gasteiger charge is -2.35. The Morgan fingerprint density at radius 2 is 2.11 bits per heavy atom. The summed E-state index contributed by atoms with van der Waals surface area (Å²) in [4.78, 5) is 28.4. The van der Waals surface area contributed by atoms with Crippen LogP contribution in [0.5, 0.6) is 0 Å². The molecule has 0 unspecified atom stereocenters. The van der Waals surface area contributed by atoms with Gasteiger partial charge in [0.1, 0.15) is 5.69 Å². The first-order chi connectivity index (χ1) is 13.1. The van der Waals surface area contributed by atoms with E-state index in [2.05, 4.69) is 16.8 Å². The Bertz CT molecular complexity index is 998. The molecule has 0 bridgehead atoms. The second-order valence-electron chi connectivity index (χ2n) is 6.20. The van der Waals surface area contributed by atoms with Crippen molar-refractivity contribution in [2.75, 3.05) is 18.9 Å². The summed E-state index contributed by atoms with van der Waals surface area (Å²) in [6, 6.07) is 10.6. The van der Waals surface area contributed by atoms with Crippen LogP contribution in [0.4, 0.5) is 11.4 Å². The number of nitro groups is 1. The van der Waals surface area contributed by atoms with E-state index >= 15 is 0 Å². The van der Waals surface area contributed by atoms with E-state index in [1.165, 1.54) is 10.9 Å². The standard InChI is InChI=1S/C19H17N3O3S2/c1-20-14-5-4-12(11-15(14)22(24)25)19(23)21-8-6-16-13(7-10-27-16)18(21)17-3-2-9-26-17/h2-5,7,9-11,18,20H,6,8H2,1H3/t18-/m1/s1. The maximum Gasteiger partial charge on any atom is 0.293 e. The summed E-state index contributed by atoms with van der Waals surface area (Å²) in [6.07, 6.45) is 0.803. The van der Waals surface area contributed by atoms with Crippen molar-refractivity contribution < 1.29 is 9.72 Å². The van der Waals surface area contributed by atoms with Gasteiger partial charge in [-0.2, -0.15) is 0 Å².